The number of hydrogen-bond donors (Lipinski definition) is 2. The molecule has 0 aliphatic carbocycles. The fourth-order valence-corrected chi connectivity index (χ4v) is 2.20. The van der Waals surface area contributed by atoms with Crippen LogP contribution in [0.15, 0.2) is 18.2 Å². The van der Waals surface area contributed by atoms with Crippen molar-refractivity contribution >= 4 is 5.69 Å². The van der Waals surface area contributed by atoms with Gasteiger partial charge in [-0.05, 0) is 6.07 Å². The third-order valence-corrected chi connectivity index (χ3v) is 3.23. The lowest BCUT2D eigenvalue weighted by Crippen LogP contribution is -2.34. The van der Waals surface area contributed by atoms with Gasteiger partial charge in [0.1, 0.15) is 0 Å². The summed E-state index contributed by atoms with van der Waals surface area (Å²) in [6.45, 7) is 0.623. The first kappa shape index (κ1) is 13.2. The van der Waals surface area contributed by atoms with Crippen molar-refractivity contribution in [2.45, 2.75) is 24.6 Å². The minimum atomic E-state index is -4.51. The highest BCUT2D eigenvalue weighted by molar-refractivity contribution is 5.57. The van der Waals surface area contributed by atoms with Crippen LogP contribution in [-0.4, -0.2) is 18.3 Å². The number of halogens is 3. The molecular formula is C12H14F3NO2. The SMILES string of the molecule is Nc1c(C(F)(F)F)cccc1C1(O)CCOCC1. The molecule has 1 aromatic carbocycles. The zero-order valence-electron chi connectivity index (χ0n) is 9.63. The summed E-state index contributed by atoms with van der Waals surface area (Å²) in [5.41, 5.74) is 3.08. The molecule has 0 aromatic heterocycles. The van der Waals surface area contributed by atoms with Gasteiger partial charge in [0, 0.05) is 37.3 Å². The zero-order valence-corrected chi connectivity index (χ0v) is 9.63. The summed E-state index contributed by atoms with van der Waals surface area (Å²) >= 11 is 0. The minimum Gasteiger partial charge on any atom is -0.398 e. The number of nitrogens with two attached hydrogens (primary N) is 1. The van der Waals surface area contributed by atoms with Crippen molar-refractivity contribution in [3.63, 3.8) is 0 Å². The summed E-state index contributed by atoms with van der Waals surface area (Å²) in [5, 5.41) is 10.4. The van der Waals surface area contributed by atoms with Crippen molar-refractivity contribution in [3.05, 3.63) is 29.3 Å². The normalized spacial score (nSPS) is 19.8. The van der Waals surface area contributed by atoms with Crippen LogP contribution in [0.1, 0.15) is 24.0 Å². The molecule has 0 bridgehead atoms. The molecule has 1 heterocycles. The second-order valence-electron chi connectivity index (χ2n) is 4.41. The Balaban J connectivity index is 2.45. The van der Waals surface area contributed by atoms with E-state index in [0.29, 0.717) is 13.2 Å². The molecule has 18 heavy (non-hydrogen) atoms. The maximum atomic E-state index is 12.7. The third kappa shape index (κ3) is 2.30. The summed E-state index contributed by atoms with van der Waals surface area (Å²) in [6.07, 6.45) is -4.02. The second-order valence-corrected chi connectivity index (χ2v) is 4.41. The first-order chi connectivity index (χ1) is 8.34. The largest absolute Gasteiger partial charge is 0.418 e. The number of hydrogen-bond acceptors (Lipinski definition) is 3. The van der Waals surface area contributed by atoms with Gasteiger partial charge in [0.25, 0.3) is 0 Å². The highest BCUT2D eigenvalue weighted by Crippen LogP contribution is 2.41. The average Bonchev–Trinajstić information content (AvgIpc) is 2.28. The van der Waals surface area contributed by atoms with Gasteiger partial charge in [0.2, 0.25) is 0 Å². The summed E-state index contributed by atoms with van der Waals surface area (Å²) < 4.78 is 43.3. The lowest BCUT2D eigenvalue weighted by Gasteiger charge is -2.34. The average molecular weight is 261 g/mol. The van der Waals surface area contributed by atoms with Gasteiger partial charge in [-0.15, -0.1) is 0 Å². The smallest absolute Gasteiger partial charge is 0.398 e. The number of aliphatic hydroxyl groups is 1. The molecule has 0 spiro atoms. The van der Waals surface area contributed by atoms with Crippen molar-refractivity contribution in [2.75, 3.05) is 18.9 Å². The van der Waals surface area contributed by atoms with Crippen LogP contribution >= 0.6 is 0 Å². The molecule has 0 atom stereocenters. The van der Waals surface area contributed by atoms with Crippen LogP contribution in [0.5, 0.6) is 0 Å². The van der Waals surface area contributed by atoms with Crippen LogP contribution in [-0.2, 0) is 16.5 Å². The molecule has 0 amide bonds. The Morgan fingerprint density at radius 2 is 1.83 bits per heavy atom. The third-order valence-electron chi connectivity index (χ3n) is 3.23. The Kier molecular flexibility index (Phi) is 3.25. The molecule has 1 aromatic rings. The Hall–Kier alpha value is -1.27. The molecule has 2 rings (SSSR count). The molecule has 3 nitrogen and oxygen atoms in total. The lowest BCUT2D eigenvalue weighted by molar-refractivity contribution is -0.137. The van der Waals surface area contributed by atoms with Crippen LogP contribution in [0, 0.1) is 0 Å². The summed E-state index contributed by atoms with van der Waals surface area (Å²) in [5.74, 6) is 0. The van der Waals surface area contributed by atoms with E-state index >= 15 is 0 Å². The molecule has 1 aliphatic rings. The number of benzene rings is 1. The van der Waals surface area contributed by atoms with E-state index in [9.17, 15) is 18.3 Å². The van der Waals surface area contributed by atoms with Crippen molar-refractivity contribution in [2.24, 2.45) is 0 Å². The van der Waals surface area contributed by atoms with Gasteiger partial charge in [-0.1, -0.05) is 12.1 Å². The number of ether oxygens (including phenoxy) is 1. The molecule has 0 radical (unpaired) electrons. The van der Waals surface area contributed by atoms with Crippen LogP contribution in [0.3, 0.4) is 0 Å². The van der Waals surface area contributed by atoms with E-state index in [4.69, 9.17) is 10.5 Å². The lowest BCUT2D eigenvalue weighted by atomic mass is 9.84. The quantitative estimate of drug-likeness (QED) is 0.762. The Morgan fingerprint density at radius 1 is 1.22 bits per heavy atom. The number of rotatable bonds is 1. The molecule has 100 valence electrons. The number of para-hydroxylation sites is 1. The summed E-state index contributed by atoms with van der Waals surface area (Å²) in [4.78, 5) is 0. The van der Waals surface area contributed by atoms with Crippen LogP contribution in [0.4, 0.5) is 18.9 Å². The highest BCUT2D eigenvalue weighted by Gasteiger charge is 2.39. The van der Waals surface area contributed by atoms with E-state index in [-0.39, 0.29) is 18.4 Å². The second kappa shape index (κ2) is 4.44. The number of anilines is 1. The van der Waals surface area contributed by atoms with E-state index < -0.39 is 23.0 Å². The number of nitrogen functional groups attached to an aromatic ring is 1. The topological polar surface area (TPSA) is 55.5 Å². The van der Waals surface area contributed by atoms with Gasteiger partial charge in [0.15, 0.2) is 0 Å². The fraction of sp³-hybridized carbons (Fsp3) is 0.500. The van der Waals surface area contributed by atoms with Gasteiger partial charge >= 0.3 is 6.18 Å². The van der Waals surface area contributed by atoms with Crippen molar-refractivity contribution in [3.8, 4) is 0 Å². The maximum absolute atomic E-state index is 12.7. The van der Waals surface area contributed by atoms with E-state index in [2.05, 4.69) is 0 Å². The predicted molar refractivity (Wildman–Crippen MR) is 59.8 cm³/mol. The van der Waals surface area contributed by atoms with Crippen LogP contribution < -0.4 is 5.73 Å². The van der Waals surface area contributed by atoms with E-state index in [1.165, 1.54) is 12.1 Å². The van der Waals surface area contributed by atoms with Gasteiger partial charge in [-0.25, -0.2) is 0 Å². The zero-order chi connectivity index (χ0) is 13.4. The Bertz CT molecular complexity index is 439. The first-order valence-corrected chi connectivity index (χ1v) is 5.61. The van der Waals surface area contributed by atoms with Crippen molar-refractivity contribution < 1.29 is 23.0 Å². The fourth-order valence-electron chi connectivity index (χ4n) is 2.20. The predicted octanol–water partition coefficient (Wildman–Crippen LogP) is 2.29. The molecule has 3 N–H and O–H groups in total. The molecule has 1 aliphatic heterocycles. The van der Waals surface area contributed by atoms with Crippen molar-refractivity contribution in [1.29, 1.82) is 0 Å². The van der Waals surface area contributed by atoms with E-state index in [1.54, 1.807) is 0 Å². The molecule has 6 heteroatoms. The molecular weight excluding hydrogens is 247 g/mol. The molecule has 0 unspecified atom stereocenters. The Labute approximate surface area is 102 Å². The van der Waals surface area contributed by atoms with Crippen molar-refractivity contribution in [1.82, 2.24) is 0 Å². The summed E-state index contributed by atoms with van der Waals surface area (Å²) in [6, 6.07) is 3.62. The monoisotopic (exact) mass is 261 g/mol. The van der Waals surface area contributed by atoms with Gasteiger partial charge in [0.05, 0.1) is 11.2 Å². The first-order valence-electron chi connectivity index (χ1n) is 5.61. The van der Waals surface area contributed by atoms with Gasteiger partial charge in [-0.2, -0.15) is 13.2 Å². The molecule has 1 fully saturated rings. The number of alkyl halides is 3. The van der Waals surface area contributed by atoms with Gasteiger partial charge < -0.3 is 15.6 Å². The standard InChI is InChI=1S/C12H14F3NO2/c13-12(14,15)9-3-1-2-8(10(9)16)11(17)4-6-18-7-5-11/h1-3,17H,4-7,16H2. The maximum Gasteiger partial charge on any atom is 0.418 e. The van der Waals surface area contributed by atoms with Crippen LogP contribution in [0.2, 0.25) is 0 Å². The minimum absolute atomic E-state index is 0.139. The molecule has 0 saturated carbocycles. The highest BCUT2D eigenvalue weighted by atomic mass is 19.4. The van der Waals surface area contributed by atoms with Crippen LogP contribution in [0.25, 0.3) is 0 Å². The van der Waals surface area contributed by atoms with E-state index in [0.717, 1.165) is 6.07 Å². The van der Waals surface area contributed by atoms with E-state index in [1.807, 2.05) is 0 Å². The molecule has 1 saturated heterocycles. The van der Waals surface area contributed by atoms with Gasteiger partial charge in [-0.3, -0.25) is 0 Å². The Morgan fingerprint density at radius 3 is 2.39 bits per heavy atom. The summed E-state index contributed by atoms with van der Waals surface area (Å²) in [7, 11) is 0.